The predicted octanol–water partition coefficient (Wildman–Crippen LogP) is 6.86. The molecule has 3 aromatic carbocycles. The standard InChI is InChI=1S/C31H28O6S/c1-6-35-30(33)24-12-9-23(15-19(24)4)38-31(34)21-7-10-25-26-11-8-22(17-28(26)20(5)27(25)16-21)36-13-14-37-29(32)18(2)3/h6-12,15-17,20H,1-2,13-14H2,3-5H3. The lowest BCUT2D eigenvalue weighted by atomic mass is 9.98. The van der Waals surface area contributed by atoms with Gasteiger partial charge in [0.05, 0.1) is 11.8 Å². The molecule has 1 unspecified atom stereocenters. The smallest absolute Gasteiger partial charge is 0.343 e. The summed E-state index contributed by atoms with van der Waals surface area (Å²) in [5, 5.41) is -0.0786. The number of hydrogen-bond donors (Lipinski definition) is 0. The van der Waals surface area contributed by atoms with Gasteiger partial charge in [0.2, 0.25) is 5.12 Å². The Hall–Kier alpha value is -4.10. The summed E-state index contributed by atoms with van der Waals surface area (Å²) in [5.41, 5.74) is 6.52. The van der Waals surface area contributed by atoms with Crippen LogP contribution < -0.4 is 4.74 Å². The third-order valence-corrected chi connectivity index (χ3v) is 7.20. The zero-order chi connectivity index (χ0) is 27.4. The first-order chi connectivity index (χ1) is 18.2. The number of ether oxygens (including phenoxy) is 3. The Balaban J connectivity index is 1.44. The highest BCUT2D eigenvalue weighted by Crippen LogP contribution is 2.46. The minimum Gasteiger partial charge on any atom is -0.490 e. The molecule has 0 saturated heterocycles. The molecule has 0 aromatic heterocycles. The number of aryl methyl sites for hydroxylation is 1. The first-order valence-corrected chi connectivity index (χ1v) is 12.9. The summed E-state index contributed by atoms with van der Waals surface area (Å²) in [6.07, 6.45) is 1.10. The highest BCUT2D eigenvalue weighted by Gasteiger charge is 2.27. The molecule has 0 aliphatic heterocycles. The molecule has 0 heterocycles. The van der Waals surface area contributed by atoms with Gasteiger partial charge in [0.25, 0.3) is 0 Å². The van der Waals surface area contributed by atoms with E-state index in [4.69, 9.17) is 14.2 Å². The van der Waals surface area contributed by atoms with Crippen molar-refractivity contribution in [1.29, 1.82) is 0 Å². The molecule has 1 aliphatic carbocycles. The van der Waals surface area contributed by atoms with Gasteiger partial charge in [-0.25, -0.2) is 9.59 Å². The molecule has 0 amide bonds. The van der Waals surface area contributed by atoms with E-state index < -0.39 is 11.9 Å². The second kappa shape index (κ2) is 11.5. The molecule has 0 fully saturated rings. The minimum atomic E-state index is -0.479. The summed E-state index contributed by atoms with van der Waals surface area (Å²) in [7, 11) is 0. The van der Waals surface area contributed by atoms with Crippen LogP contribution in [0.1, 0.15) is 57.2 Å². The first kappa shape index (κ1) is 26.9. The van der Waals surface area contributed by atoms with E-state index in [1.807, 2.05) is 36.4 Å². The summed E-state index contributed by atoms with van der Waals surface area (Å²) < 4.78 is 15.7. The molecule has 6 nitrogen and oxygen atoms in total. The van der Waals surface area contributed by atoms with Gasteiger partial charge in [0.15, 0.2) is 0 Å². The molecule has 0 spiro atoms. The number of benzene rings is 3. The van der Waals surface area contributed by atoms with E-state index in [9.17, 15) is 14.4 Å². The lowest BCUT2D eigenvalue weighted by Crippen LogP contribution is -2.12. The molecule has 0 radical (unpaired) electrons. The van der Waals surface area contributed by atoms with E-state index in [1.54, 1.807) is 32.0 Å². The van der Waals surface area contributed by atoms with Gasteiger partial charge in [-0.3, -0.25) is 4.79 Å². The van der Waals surface area contributed by atoms with Crippen LogP contribution in [0.3, 0.4) is 0 Å². The number of thioether (sulfide) groups is 1. The average Bonchev–Trinajstić information content (AvgIpc) is 3.17. The van der Waals surface area contributed by atoms with Crippen LogP contribution in [-0.2, 0) is 14.3 Å². The van der Waals surface area contributed by atoms with Crippen molar-refractivity contribution >= 4 is 28.8 Å². The molecule has 3 aromatic rings. The van der Waals surface area contributed by atoms with Gasteiger partial charge >= 0.3 is 11.9 Å². The molecule has 0 saturated carbocycles. The molecule has 0 bridgehead atoms. The zero-order valence-electron chi connectivity index (χ0n) is 21.5. The number of rotatable bonds is 9. The Morgan fingerprint density at radius 3 is 2.37 bits per heavy atom. The summed E-state index contributed by atoms with van der Waals surface area (Å²) in [6.45, 7) is 12.9. The molecule has 1 aliphatic rings. The number of carbonyl (C=O) groups excluding carboxylic acids is 3. The highest BCUT2D eigenvalue weighted by atomic mass is 32.2. The Morgan fingerprint density at radius 2 is 1.68 bits per heavy atom. The molecule has 194 valence electrons. The Morgan fingerprint density at radius 1 is 0.974 bits per heavy atom. The van der Waals surface area contributed by atoms with Gasteiger partial charge in [0.1, 0.15) is 19.0 Å². The lowest BCUT2D eigenvalue weighted by Gasteiger charge is -2.11. The van der Waals surface area contributed by atoms with E-state index in [2.05, 4.69) is 20.1 Å². The van der Waals surface area contributed by atoms with Crippen molar-refractivity contribution in [3.63, 3.8) is 0 Å². The van der Waals surface area contributed by atoms with Gasteiger partial charge in [0, 0.05) is 21.9 Å². The van der Waals surface area contributed by atoms with Crippen molar-refractivity contribution in [3.05, 3.63) is 107 Å². The minimum absolute atomic E-state index is 0.0786. The fraction of sp³-hybridized carbons (Fsp3) is 0.194. The van der Waals surface area contributed by atoms with Crippen molar-refractivity contribution in [2.45, 2.75) is 31.6 Å². The summed E-state index contributed by atoms with van der Waals surface area (Å²) in [5.74, 6) is -0.139. The van der Waals surface area contributed by atoms with Gasteiger partial charge in [-0.05, 0) is 95.9 Å². The average molecular weight is 529 g/mol. The Kier molecular flexibility index (Phi) is 8.17. The van der Waals surface area contributed by atoms with Crippen LogP contribution in [0.15, 0.2) is 84.5 Å². The number of esters is 2. The SMILES string of the molecule is C=COC(=O)c1ccc(SC(=O)c2ccc3c(c2)C(C)c2cc(OCCOC(=O)C(=C)C)ccc2-3)cc1C. The molecule has 4 rings (SSSR count). The van der Waals surface area contributed by atoms with Crippen molar-refractivity contribution < 1.29 is 28.6 Å². The van der Waals surface area contributed by atoms with Gasteiger partial charge < -0.3 is 14.2 Å². The van der Waals surface area contributed by atoms with Gasteiger partial charge in [-0.1, -0.05) is 32.2 Å². The van der Waals surface area contributed by atoms with Gasteiger partial charge in [-0.15, -0.1) is 0 Å². The van der Waals surface area contributed by atoms with E-state index >= 15 is 0 Å². The molecule has 1 atom stereocenters. The van der Waals surface area contributed by atoms with E-state index in [-0.39, 0.29) is 24.2 Å². The molecule has 0 N–H and O–H groups in total. The zero-order valence-corrected chi connectivity index (χ0v) is 22.4. The van der Waals surface area contributed by atoms with Crippen molar-refractivity contribution in [2.24, 2.45) is 0 Å². The third-order valence-electron chi connectivity index (χ3n) is 6.29. The maximum absolute atomic E-state index is 13.1. The fourth-order valence-corrected chi connectivity index (χ4v) is 5.18. The van der Waals surface area contributed by atoms with Crippen LogP contribution in [-0.4, -0.2) is 30.3 Å². The van der Waals surface area contributed by atoms with E-state index in [0.29, 0.717) is 22.4 Å². The number of hydrogen-bond acceptors (Lipinski definition) is 7. The predicted molar refractivity (Wildman–Crippen MR) is 148 cm³/mol. The fourth-order valence-electron chi connectivity index (χ4n) is 4.35. The van der Waals surface area contributed by atoms with Crippen molar-refractivity contribution in [3.8, 4) is 16.9 Å². The highest BCUT2D eigenvalue weighted by molar-refractivity contribution is 8.14. The van der Waals surface area contributed by atoms with Crippen molar-refractivity contribution in [2.75, 3.05) is 13.2 Å². The summed E-state index contributed by atoms with van der Waals surface area (Å²) in [6, 6.07) is 16.9. The van der Waals surface area contributed by atoms with Gasteiger partial charge in [-0.2, -0.15) is 0 Å². The second-order valence-corrected chi connectivity index (χ2v) is 10.0. The summed E-state index contributed by atoms with van der Waals surface area (Å²) in [4.78, 5) is 37.4. The van der Waals surface area contributed by atoms with Crippen molar-refractivity contribution in [1.82, 2.24) is 0 Å². The number of carbonyl (C=O) groups is 3. The van der Waals surface area contributed by atoms with Crippen LogP contribution in [0.5, 0.6) is 5.75 Å². The second-order valence-electron chi connectivity index (χ2n) is 8.98. The number of fused-ring (bicyclic) bond motifs is 3. The van der Waals surface area contributed by atoms with Crippen LogP contribution in [0, 0.1) is 6.92 Å². The molecule has 7 heteroatoms. The summed E-state index contributed by atoms with van der Waals surface area (Å²) >= 11 is 1.12. The van der Waals surface area contributed by atoms with E-state index in [1.165, 1.54) is 0 Å². The Bertz CT molecular complexity index is 1450. The molecule has 38 heavy (non-hydrogen) atoms. The van der Waals surface area contributed by atoms with Crippen LogP contribution >= 0.6 is 11.8 Å². The van der Waals surface area contributed by atoms with Crippen LogP contribution in [0.25, 0.3) is 11.1 Å². The molecular formula is C31H28O6S. The Labute approximate surface area is 226 Å². The quantitative estimate of drug-likeness (QED) is 0.0987. The maximum Gasteiger partial charge on any atom is 0.343 e. The monoisotopic (exact) mass is 528 g/mol. The normalized spacial score (nSPS) is 13.2. The van der Waals surface area contributed by atoms with Crippen LogP contribution in [0.4, 0.5) is 0 Å². The first-order valence-electron chi connectivity index (χ1n) is 12.1. The topological polar surface area (TPSA) is 78.9 Å². The largest absolute Gasteiger partial charge is 0.490 e. The maximum atomic E-state index is 13.1. The van der Waals surface area contributed by atoms with E-state index in [0.717, 1.165) is 50.7 Å². The third kappa shape index (κ3) is 5.73. The molecular weight excluding hydrogens is 500 g/mol. The lowest BCUT2D eigenvalue weighted by molar-refractivity contribution is -0.139. The van der Waals surface area contributed by atoms with Crippen LogP contribution in [0.2, 0.25) is 0 Å².